The molecule has 3 aromatic rings. The van der Waals surface area contributed by atoms with Crippen LogP contribution in [0.4, 0.5) is 5.69 Å². The van der Waals surface area contributed by atoms with E-state index >= 15 is 0 Å². The van der Waals surface area contributed by atoms with E-state index in [1.165, 1.54) is 0 Å². The van der Waals surface area contributed by atoms with Crippen molar-refractivity contribution < 1.29 is 18.8 Å². The fourth-order valence-electron chi connectivity index (χ4n) is 3.30. The molecule has 1 fully saturated rings. The predicted octanol–water partition coefficient (Wildman–Crippen LogP) is 3.64. The Kier molecular flexibility index (Phi) is 3.75. The van der Waals surface area contributed by atoms with Crippen LogP contribution in [0.5, 0.6) is 11.5 Å². The largest absolute Gasteiger partial charge is 0.454 e. The van der Waals surface area contributed by atoms with Crippen LogP contribution in [-0.2, 0) is 4.79 Å². The molecule has 3 heterocycles. The number of aromatic nitrogens is 2. The smallest absolute Gasteiger partial charge is 0.232 e. The number of nitrogens with zero attached hydrogens (tertiary/aromatic N) is 3. The Morgan fingerprint density at radius 3 is 2.74 bits per heavy atom. The van der Waals surface area contributed by atoms with Gasteiger partial charge >= 0.3 is 0 Å². The summed E-state index contributed by atoms with van der Waals surface area (Å²) in [4.78, 5) is 18.6. The van der Waals surface area contributed by atoms with Crippen LogP contribution in [0.2, 0.25) is 5.02 Å². The number of anilines is 1. The molecule has 0 N–H and O–H groups in total. The van der Waals surface area contributed by atoms with Gasteiger partial charge in [-0.3, -0.25) is 4.79 Å². The second kappa shape index (κ2) is 6.28. The van der Waals surface area contributed by atoms with Crippen molar-refractivity contribution >= 4 is 23.2 Å². The van der Waals surface area contributed by atoms with Crippen LogP contribution in [0, 0.1) is 0 Å². The van der Waals surface area contributed by atoms with Crippen LogP contribution in [0.3, 0.4) is 0 Å². The maximum Gasteiger partial charge on any atom is 0.232 e. The second-order valence-corrected chi connectivity index (χ2v) is 6.84. The molecule has 0 spiro atoms. The maximum atomic E-state index is 12.4. The van der Waals surface area contributed by atoms with Crippen LogP contribution in [0.15, 0.2) is 47.0 Å². The minimum Gasteiger partial charge on any atom is -0.454 e. The number of hydrogen-bond donors (Lipinski definition) is 0. The second-order valence-electron chi connectivity index (χ2n) is 6.41. The third-order valence-corrected chi connectivity index (χ3v) is 4.94. The highest BCUT2D eigenvalue weighted by atomic mass is 35.5. The molecule has 0 aliphatic carbocycles. The van der Waals surface area contributed by atoms with Gasteiger partial charge in [-0.25, -0.2) is 0 Å². The van der Waals surface area contributed by atoms with Gasteiger partial charge in [-0.05, 0) is 42.5 Å². The summed E-state index contributed by atoms with van der Waals surface area (Å²) < 4.78 is 16.1. The highest BCUT2D eigenvalue weighted by Gasteiger charge is 2.35. The molecular weight excluding hydrogens is 370 g/mol. The van der Waals surface area contributed by atoms with E-state index in [-0.39, 0.29) is 18.6 Å². The zero-order valence-corrected chi connectivity index (χ0v) is 14.8. The molecule has 8 heteroatoms. The summed E-state index contributed by atoms with van der Waals surface area (Å²) in [5.74, 6) is 2.13. The Balaban J connectivity index is 1.37. The number of carbonyl (C=O) groups is 1. The van der Waals surface area contributed by atoms with Crippen molar-refractivity contribution in [3.8, 4) is 22.9 Å². The van der Waals surface area contributed by atoms with Gasteiger partial charge < -0.3 is 18.9 Å². The van der Waals surface area contributed by atoms with Crippen LogP contribution in [0.1, 0.15) is 18.2 Å². The van der Waals surface area contributed by atoms with E-state index in [9.17, 15) is 4.79 Å². The van der Waals surface area contributed by atoms with Crippen LogP contribution < -0.4 is 14.4 Å². The number of rotatable bonds is 3. The molecule has 2 aliphatic heterocycles. The van der Waals surface area contributed by atoms with Gasteiger partial charge in [-0.1, -0.05) is 16.8 Å². The Morgan fingerprint density at radius 1 is 1.07 bits per heavy atom. The molecule has 2 aromatic carbocycles. The van der Waals surface area contributed by atoms with Crippen molar-refractivity contribution in [3.05, 3.63) is 53.4 Å². The summed E-state index contributed by atoms with van der Waals surface area (Å²) in [6.07, 6.45) is 0.325. The highest BCUT2D eigenvalue weighted by Crippen LogP contribution is 2.36. The molecule has 1 amide bonds. The van der Waals surface area contributed by atoms with Crippen molar-refractivity contribution in [2.45, 2.75) is 12.3 Å². The molecule has 1 aromatic heterocycles. The number of benzene rings is 2. The fraction of sp³-hybridized carbons (Fsp3) is 0.211. The molecular formula is C19H14ClN3O4. The van der Waals surface area contributed by atoms with Crippen molar-refractivity contribution in [2.24, 2.45) is 0 Å². The minimum absolute atomic E-state index is 0.0187. The van der Waals surface area contributed by atoms with Gasteiger partial charge in [0.15, 0.2) is 11.5 Å². The Hall–Kier alpha value is -3.06. The van der Waals surface area contributed by atoms with E-state index in [0.29, 0.717) is 41.2 Å². The van der Waals surface area contributed by atoms with E-state index in [4.69, 9.17) is 25.6 Å². The number of ether oxygens (including phenoxy) is 2. The van der Waals surface area contributed by atoms with E-state index in [1.807, 2.05) is 30.3 Å². The summed E-state index contributed by atoms with van der Waals surface area (Å²) in [5.41, 5.74) is 1.58. The van der Waals surface area contributed by atoms with Crippen molar-refractivity contribution in [2.75, 3.05) is 18.2 Å². The van der Waals surface area contributed by atoms with Gasteiger partial charge in [-0.2, -0.15) is 4.98 Å². The van der Waals surface area contributed by atoms with E-state index in [0.717, 1.165) is 11.3 Å². The lowest BCUT2D eigenvalue weighted by molar-refractivity contribution is -0.117. The average Bonchev–Trinajstić information content (AvgIpc) is 3.41. The van der Waals surface area contributed by atoms with E-state index in [2.05, 4.69) is 10.1 Å². The third kappa shape index (κ3) is 2.90. The van der Waals surface area contributed by atoms with Gasteiger partial charge in [0.2, 0.25) is 24.4 Å². The zero-order valence-electron chi connectivity index (χ0n) is 14.1. The van der Waals surface area contributed by atoms with Crippen LogP contribution in [0.25, 0.3) is 11.4 Å². The molecule has 0 bridgehead atoms. The average molecular weight is 384 g/mol. The topological polar surface area (TPSA) is 77.7 Å². The summed E-state index contributed by atoms with van der Waals surface area (Å²) in [5, 5.41) is 4.69. The number of hydrogen-bond acceptors (Lipinski definition) is 6. The van der Waals surface area contributed by atoms with Crippen molar-refractivity contribution in [1.29, 1.82) is 0 Å². The van der Waals surface area contributed by atoms with Gasteiger partial charge in [0.1, 0.15) is 0 Å². The molecule has 0 unspecified atom stereocenters. The lowest BCUT2D eigenvalue weighted by Crippen LogP contribution is -2.24. The number of carbonyl (C=O) groups excluding carboxylic acids is 1. The summed E-state index contributed by atoms with van der Waals surface area (Å²) >= 11 is 5.92. The highest BCUT2D eigenvalue weighted by molar-refractivity contribution is 6.30. The zero-order chi connectivity index (χ0) is 18.4. The van der Waals surface area contributed by atoms with E-state index in [1.54, 1.807) is 17.0 Å². The minimum atomic E-state index is -0.150. The van der Waals surface area contributed by atoms with E-state index < -0.39 is 0 Å². The predicted molar refractivity (Wildman–Crippen MR) is 97.0 cm³/mol. The summed E-state index contributed by atoms with van der Waals surface area (Å²) in [6, 6.07) is 12.7. The molecule has 1 atom stereocenters. The first kappa shape index (κ1) is 16.1. The van der Waals surface area contributed by atoms with Gasteiger partial charge in [0.05, 0.1) is 5.92 Å². The first-order valence-electron chi connectivity index (χ1n) is 8.47. The molecule has 2 aliphatic rings. The lowest BCUT2D eigenvalue weighted by Gasteiger charge is -2.15. The van der Waals surface area contributed by atoms with Gasteiger partial charge in [-0.15, -0.1) is 0 Å². The lowest BCUT2D eigenvalue weighted by atomic mass is 10.1. The number of halogens is 1. The summed E-state index contributed by atoms with van der Waals surface area (Å²) in [6.45, 7) is 0.699. The fourth-order valence-corrected chi connectivity index (χ4v) is 3.42. The van der Waals surface area contributed by atoms with Crippen LogP contribution >= 0.6 is 11.6 Å². The molecule has 136 valence electrons. The molecule has 1 saturated heterocycles. The van der Waals surface area contributed by atoms with Crippen molar-refractivity contribution in [3.63, 3.8) is 0 Å². The number of amides is 1. The third-order valence-electron chi connectivity index (χ3n) is 4.69. The molecule has 7 nitrogen and oxygen atoms in total. The monoisotopic (exact) mass is 383 g/mol. The first-order chi connectivity index (χ1) is 13.2. The molecule has 0 saturated carbocycles. The molecule has 5 rings (SSSR count). The Morgan fingerprint density at radius 2 is 1.89 bits per heavy atom. The first-order valence-corrected chi connectivity index (χ1v) is 8.85. The van der Waals surface area contributed by atoms with Crippen molar-refractivity contribution in [1.82, 2.24) is 10.1 Å². The maximum absolute atomic E-state index is 12.4. The Labute approximate surface area is 159 Å². The van der Waals surface area contributed by atoms with Crippen LogP contribution in [-0.4, -0.2) is 29.4 Å². The molecule has 0 radical (unpaired) electrons. The van der Waals surface area contributed by atoms with Gasteiger partial charge in [0, 0.05) is 29.2 Å². The standard InChI is InChI=1S/C19H14ClN3O4/c20-13-2-4-14(5-3-13)23-9-12(8-17(23)24)19-21-18(22-27-19)11-1-6-15-16(7-11)26-10-25-15/h1-7,12H,8-10H2/t12-/m1/s1. The quantitative estimate of drug-likeness (QED) is 0.687. The SMILES string of the molecule is O=C1C[C@@H](c2nc(-c3ccc4c(c3)OCO4)no2)CN1c1ccc(Cl)cc1. The summed E-state index contributed by atoms with van der Waals surface area (Å²) in [7, 11) is 0. The Bertz CT molecular complexity index is 1020. The number of fused-ring (bicyclic) bond motifs is 1. The molecule has 27 heavy (non-hydrogen) atoms. The normalized spacial score (nSPS) is 18.3. The van der Waals surface area contributed by atoms with Gasteiger partial charge in [0.25, 0.3) is 0 Å².